The fourth-order valence-electron chi connectivity index (χ4n) is 2.74. The molecule has 27 heavy (non-hydrogen) atoms. The van der Waals surface area contributed by atoms with Crippen LogP contribution in [0.2, 0.25) is 0 Å². The Morgan fingerprint density at radius 3 is 2.15 bits per heavy atom. The Morgan fingerprint density at radius 2 is 1.59 bits per heavy atom. The Labute approximate surface area is 162 Å². The zero-order valence-electron chi connectivity index (χ0n) is 16.3. The van der Waals surface area contributed by atoms with Crippen LogP contribution >= 0.6 is 0 Å². The predicted molar refractivity (Wildman–Crippen MR) is 108 cm³/mol. The number of carbonyl (C=O) groups excluding carboxylic acids is 1. The molecule has 1 amide bonds. The third-order valence-corrected chi connectivity index (χ3v) is 6.22. The first-order chi connectivity index (χ1) is 12.7. The number of sulfonamides is 1. The van der Waals surface area contributed by atoms with E-state index >= 15 is 0 Å². The predicted octanol–water partition coefficient (Wildman–Crippen LogP) is 3.57. The highest BCUT2D eigenvalue weighted by Gasteiger charge is 2.30. The molecule has 2 N–H and O–H groups in total. The van der Waals surface area contributed by atoms with Gasteiger partial charge in [0.2, 0.25) is 15.9 Å². The van der Waals surface area contributed by atoms with Crippen molar-refractivity contribution < 1.29 is 13.2 Å². The summed E-state index contributed by atoms with van der Waals surface area (Å²) in [6.07, 6.45) is 0.675. The summed E-state index contributed by atoms with van der Waals surface area (Å²) >= 11 is 0. The van der Waals surface area contributed by atoms with Gasteiger partial charge in [0.25, 0.3) is 0 Å². The maximum absolute atomic E-state index is 12.9. The molecule has 0 spiro atoms. The maximum Gasteiger partial charge on any atom is 0.241 e. The number of nitrogens with one attached hydrogen (secondary N) is 2. The van der Waals surface area contributed by atoms with Crippen LogP contribution in [-0.4, -0.2) is 20.4 Å². The van der Waals surface area contributed by atoms with E-state index < -0.39 is 16.1 Å². The van der Waals surface area contributed by atoms with Crippen LogP contribution in [0.1, 0.15) is 44.4 Å². The molecular weight excluding hydrogens is 360 g/mol. The summed E-state index contributed by atoms with van der Waals surface area (Å²) < 4.78 is 28.1. The van der Waals surface area contributed by atoms with Gasteiger partial charge in [-0.1, -0.05) is 68.3 Å². The van der Waals surface area contributed by atoms with Crippen LogP contribution in [0, 0.1) is 12.8 Å². The summed E-state index contributed by atoms with van der Waals surface area (Å²) in [5.41, 5.74) is 1.94. The average molecular weight is 389 g/mol. The van der Waals surface area contributed by atoms with Crippen LogP contribution in [-0.2, 0) is 14.8 Å². The minimum absolute atomic E-state index is 0.145. The third kappa shape index (κ3) is 5.65. The van der Waals surface area contributed by atoms with Crippen LogP contribution in [0.15, 0.2) is 59.5 Å². The lowest BCUT2D eigenvalue weighted by molar-refractivity contribution is -0.124. The quantitative estimate of drug-likeness (QED) is 0.726. The summed E-state index contributed by atoms with van der Waals surface area (Å²) in [4.78, 5) is 13.0. The molecule has 0 aliphatic heterocycles. The molecule has 0 radical (unpaired) electrons. The van der Waals surface area contributed by atoms with E-state index in [2.05, 4.69) is 10.0 Å². The number of hydrogen-bond acceptors (Lipinski definition) is 3. The molecule has 3 atom stereocenters. The molecule has 0 bridgehead atoms. The first-order valence-electron chi connectivity index (χ1n) is 9.19. The molecule has 5 nitrogen and oxygen atoms in total. The molecule has 0 fully saturated rings. The Balaban J connectivity index is 2.19. The average Bonchev–Trinajstić information content (AvgIpc) is 2.66. The smallest absolute Gasteiger partial charge is 0.241 e. The molecule has 0 aliphatic carbocycles. The van der Waals surface area contributed by atoms with Crippen molar-refractivity contribution in [1.82, 2.24) is 10.0 Å². The van der Waals surface area contributed by atoms with Gasteiger partial charge in [-0.15, -0.1) is 0 Å². The Bertz CT molecular complexity index is 849. The molecule has 0 heterocycles. The first kappa shape index (κ1) is 21.1. The van der Waals surface area contributed by atoms with E-state index in [1.54, 1.807) is 24.3 Å². The van der Waals surface area contributed by atoms with Crippen LogP contribution in [0.4, 0.5) is 0 Å². The maximum atomic E-state index is 12.9. The molecule has 2 aromatic carbocycles. The zero-order valence-corrected chi connectivity index (χ0v) is 17.1. The fourth-order valence-corrected chi connectivity index (χ4v) is 4.05. The zero-order chi connectivity index (χ0) is 20.0. The van der Waals surface area contributed by atoms with Gasteiger partial charge in [0.15, 0.2) is 0 Å². The standard InChI is InChI=1S/C21H28N2O3S/c1-5-16(3)20(21(24)22-17(4)18-9-7-6-8-10-18)23-27(25,26)19-13-11-15(2)12-14-19/h6-14,16-17,20,23H,5H2,1-4H3,(H,22,24)/t16-,17+,20+/m0/s1. The van der Waals surface area contributed by atoms with Crippen LogP contribution in [0.3, 0.4) is 0 Å². The second-order valence-electron chi connectivity index (χ2n) is 6.94. The topological polar surface area (TPSA) is 75.3 Å². The first-order valence-corrected chi connectivity index (χ1v) is 10.7. The number of hydrogen-bond donors (Lipinski definition) is 2. The molecular formula is C21H28N2O3S. The van der Waals surface area contributed by atoms with E-state index in [1.165, 1.54) is 0 Å². The summed E-state index contributed by atoms with van der Waals surface area (Å²) in [7, 11) is -3.79. The van der Waals surface area contributed by atoms with Gasteiger partial charge in [-0.05, 0) is 37.5 Å². The van der Waals surface area contributed by atoms with Gasteiger partial charge in [0.05, 0.1) is 10.9 Å². The molecule has 0 aromatic heterocycles. The molecule has 0 saturated carbocycles. The highest BCUT2D eigenvalue weighted by atomic mass is 32.2. The van der Waals surface area contributed by atoms with Crippen LogP contribution in [0.25, 0.3) is 0 Å². The van der Waals surface area contributed by atoms with E-state index in [1.807, 2.05) is 58.0 Å². The van der Waals surface area contributed by atoms with Crippen LogP contribution in [0.5, 0.6) is 0 Å². The lowest BCUT2D eigenvalue weighted by atomic mass is 9.98. The van der Waals surface area contributed by atoms with E-state index in [-0.39, 0.29) is 22.8 Å². The van der Waals surface area contributed by atoms with Crippen molar-refractivity contribution in [3.63, 3.8) is 0 Å². The van der Waals surface area contributed by atoms with Gasteiger partial charge in [-0.2, -0.15) is 4.72 Å². The lowest BCUT2D eigenvalue weighted by Crippen LogP contribution is -2.50. The van der Waals surface area contributed by atoms with Crippen molar-refractivity contribution in [3.8, 4) is 0 Å². The van der Waals surface area contributed by atoms with Gasteiger partial charge in [0.1, 0.15) is 6.04 Å². The minimum Gasteiger partial charge on any atom is -0.348 e. The van der Waals surface area contributed by atoms with Gasteiger partial charge in [-0.3, -0.25) is 4.79 Å². The van der Waals surface area contributed by atoms with E-state index in [9.17, 15) is 13.2 Å². The van der Waals surface area contributed by atoms with Crippen molar-refractivity contribution in [3.05, 3.63) is 65.7 Å². The van der Waals surface area contributed by atoms with Gasteiger partial charge >= 0.3 is 0 Å². The Hall–Kier alpha value is -2.18. The van der Waals surface area contributed by atoms with Crippen molar-refractivity contribution >= 4 is 15.9 Å². The summed E-state index contributed by atoms with van der Waals surface area (Å²) in [6.45, 7) is 7.58. The summed E-state index contributed by atoms with van der Waals surface area (Å²) in [6, 6.07) is 15.1. The van der Waals surface area contributed by atoms with E-state index in [0.717, 1.165) is 11.1 Å². The molecule has 0 unspecified atom stereocenters. The SMILES string of the molecule is CC[C@H](C)[C@@H](NS(=O)(=O)c1ccc(C)cc1)C(=O)N[C@H](C)c1ccccc1. The van der Waals surface area contributed by atoms with E-state index in [4.69, 9.17) is 0 Å². The van der Waals surface area contributed by atoms with Gasteiger partial charge in [-0.25, -0.2) is 8.42 Å². The normalized spacial score (nSPS) is 15.0. The van der Waals surface area contributed by atoms with Crippen molar-refractivity contribution in [2.75, 3.05) is 0 Å². The van der Waals surface area contributed by atoms with Crippen molar-refractivity contribution in [2.45, 2.75) is 51.1 Å². The largest absolute Gasteiger partial charge is 0.348 e. The van der Waals surface area contributed by atoms with Crippen molar-refractivity contribution in [2.24, 2.45) is 5.92 Å². The molecule has 146 valence electrons. The third-order valence-electron chi connectivity index (χ3n) is 4.77. The second-order valence-corrected chi connectivity index (χ2v) is 8.65. The number of carbonyl (C=O) groups is 1. The monoisotopic (exact) mass is 388 g/mol. The number of amides is 1. The molecule has 2 rings (SSSR count). The van der Waals surface area contributed by atoms with Crippen molar-refractivity contribution in [1.29, 1.82) is 0 Å². The molecule has 0 saturated heterocycles. The highest BCUT2D eigenvalue weighted by Crippen LogP contribution is 2.17. The van der Waals surface area contributed by atoms with Gasteiger partial charge in [0, 0.05) is 0 Å². The Kier molecular flexibility index (Phi) is 7.16. The molecule has 6 heteroatoms. The fraction of sp³-hybridized carbons (Fsp3) is 0.381. The van der Waals surface area contributed by atoms with Crippen LogP contribution < -0.4 is 10.0 Å². The summed E-state index contributed by atoms with van der Waals surface area (Å²) in [5.74, 6) is -0.468. The number of aryl methyl sites for hydroxylation is 1. The lowest BCUT2D eigenvalue weighted by Gasteiger charge is -2.25. The number of benzene rings is 2. The van der Waals surface area contributed by atoms with E-state index in [0.29, 0.717) is 6.42 Å². The number of rotatable bonds is 8. The minimum atomic E-state index is -3.79. The molecule has 2 aromatic rings. The summed E-state index contributed by atoms with van der Waals surface area (Å²) in [5, 5.41) is 2.93. The second kappa shape index (κ2) is 9.15. The highest BCUT2D eigenvalue weighted by molar-refractivity contribution is 7.89. The molecule has 0 aliphatic rings. The van der Waals surface area contributed by atoms with Gasteiger partial charge < -0.3 is 5.32 Å². The Morgan fingerprint density at radius 1 is 1.00 bits per heavy atom.